The largest absolute Gasteiger partial charge is 0.320 e. The second-order valence-corrected chi connectivity index (χ2v) is 6.27. The van der Waals surface area contributed by atoms with Gasteiger partial charge in [0.05, 0.1) is 6.54 Å². The SMILES string of the molecule is CC1CN2CCCC2CN1Cc1ccc(C#CCN)cc1. The summed E-state index contributed by atoms with van der Waals surface area (Å²) in [4.78, 5) is 5.31. The lowest BCUT2D eigenvalue weighted by molar-refractivity contribution is 0.0540. The molecule has 1 aromatic carbocycles. The van der Waals surface area contributed by atoms with Gasteiger partial charge in [-0.25, -0.2) is 0 Å². The van der Waals surface area contributed by atoms with Crippen molar-refractivity contribution in [1.82, 2.24) is 9.80 Å². The molecule has 3 rings (SSSR count). The highest BCUT2D eigenvalue weighted by molar-refractivity contribution is 5.36. The van der Waals surface area contributed by atoms with Crippen molar-refractivity contribution in [3.63, 3.8) is 0 Å². The van der Waals surface area contributed by atoms with Crippen LogP contribution in [0.3, 0.4) is 0 Å². The lowest BCUT2D eigenvalue weighted by atomic mass is 10.1. The van der Waals surface area contributed by atoms with Crippen LogP contribution in [0.5, 0.6) is 0 Å². The molecule has 0 amide bonds. The van der Waals surface area contributed by atoms with Crippen LogP contribution in [-0.4, -0.2) is 48.1 Å². The standard InChI is InChI=1S/C18H25N3/c1-15-12-20-11-3-5-18(20)14-21(15)13-17-8-6-16(7-9-17)4-2-10-19/h6-9,15,18H,3,5,10-14,19H2,1H3. The van der Waals surface area contributed by atoms with Crippen LogP contribution in [0.25, 0.3) is 0 Å². The molecule has 2 heterocycles. The van der Waals surface area contributed by atoms with Crippen molar-refractivity contribution < 1.29 is 0 Å². The molecule has 21 heavy (non-hydrogen) atoms. The first-order valence-electron chi connectivity index (χ1n) is 8.02. The molecule has 0 spiro atoms. The first kappa shape index (κ1) is 14.6. The molecule has 1 aromatic rings. The maximum Gasteiger partial charge on any atom is 0.0555 e. The molecular formula is C18H25N3. The summed E-state index contributed by atoms with van der Waals surface area (Å²) in [6.45, 7) is 7.58. The van der Waals surface area contributed by atoms with E-state index in [1.54, 1.807) is 0 Å². The molecule has 2 atom stereocenters. The van der Waals surface area contributed by atoms with Crippen LogP contribution in [0.15, 0.2) is 24.3 Å². The van der Waals surface area contributed by atoms with E-state index in [-0.39, 0.29) is 0 Å². The molecule has 3 nitrogen and oxygen atoms in total. The van der Waals surface area contributed by atoms with E-state index in [1.807, 2.05) is 0 Å². The van der Waals surface area contributed by atoms with Crippen molar-refractivity contribution in [1.29, 1.82) is 0 Å². The fourth-order valence-corrected chi connectivity index (χ4v) is 3.55. The van der Waals surface area contributed by atoms with Gasteiger partial charge < -0.3 is 5.73 Å². The average Bonchev–Trinajstić information content (AvgIpc) is 2.94. The average molecular weight is 283 g/mol. The first-order valence-corrected chi connectivity index (χ1v) is 8.02. The minimum atomic E-state index is 0.422. The van der Waals surface area contributed by atoms with E-state index >= 15 is 0 Å². The van der Waals surface area contributed by atoms with Gasteiger partial charge in [-0.2, -0.15) is 0 Å². The predicted octanol–water partition coefficient (Wildman–Crippen LogP) is 1.67. The van der Waals surface area contributed by atoms with Crippen molar-refractivity contribution in [2.75, 3.05) is 26.2 Å². The van der Waals surface area contributed by atoms with Gasteiger partial charge in [0, 0.05) is 37.3 Å². The van der Waals surface area contributed by atoms with Crippen molar-refractivity contribution in [2.45, 2.75) is 38.4 Å². The van der Waals surface area contributed by atoms with Crippen molar-refractivity contribution in [3.05, 3.63) is 35.4 Å². The van der Waals surface area contributed by atoms with Crippen molar-refractivity contribution in [3.8, 4) is 11.8 Å². The summed E-state index contributed by atoms with van der Waals surface area (Å²) in [5.74, 6) is 5.98. The van der Waals surface area contributed by atoms with Crippen LogP contribution >= 0.6 is 0 Å². The molecule has 0 bridgehead atoms. The van der Waals surface area contributed by atoms with Gasteiger partial charge >= 0.3 is 0 Å². The minimum absolute atomic E-state index is 0.422. The third-order valence-electron chi connectivity index (χ3n) is 4.74. The lowest BCUT2D eigenvalue weighted by Crippen LogP contribution is -2.54. The number of nitrogens with two attached hydrogens (primary N) is 1. The van der Waals surface area contributed by atoms with Crippen molar-refractivity contribution >= 4 is 0 Å². The summed E-state index contributed by atoms with van der Waals surface area (Å²) in [6.07, 6.45) is 2.75. The number of hydrogen-bond donors (Lipinski definition) is 1. The summed E-state index contributed by atoms with van der Waals surface area (Å²) in [5.41, 5.74) is 7.84. The van der Waals surface area contributed by atoms with Crippen LogP contribution in [0.4, 0.5) is 0 Å². The quantitative estimate of drug-likeness (QED) is 0.838. The second-order valence-electron chi connectivity index (χ2n) is 6.27. The molecule has 112 valence electrons. The Bertz CT molecular complexity index is 526. The van der Waals surface area contributed by atoms with E-state index in [0.717, 1.165) is 18.2 Å². The molecule has 2 N–H and O–H groups in total. The smallest absolute Gasteiger partial charge is 0.0555 e. The Labute approximate surface area is 128 Å². The molecule has 2 saturated heterocycles. The zero-order valence-corrected chi connectivity index (χ0v) is 12.9. The van der Waals surface area contributed by atoms with Gasteiger partial charge in [-0.3, -0.25) is 9.80 Å². The highest BCUT2D eigenvalue weighted by Crippen LogP contribution is 2.25. The summed E-state index contributed by atoms with van der Waals surface area (Å²) in [5, 5.41) is 0. The van der Waals surface area contributed by atoms with Gasteiger partial charge in [-0.1, -0.05) is 24.0 Å². The molecule has 2 fully saturated rings. The number of rotatable bonds is 2. The Hall–Kier alpha value is -1.34. The van der Waals surface area contributed by atoms with E-state index in [0.29, 0.717) is 12.6 Å². The van der Waals surface area contributed by atoms with Gasteiger partial charge in [0.15, 0.2) is 0 Å². The van der Waals surface area contributed by atoms with Crippen LogP contribution in [0.1, 0.15) is 30.9 Å². The Morgan fingerprint density at radius 3 is 2.81 bits per heavy atom. The number of fused-ring (bicyclic) bond motifs is 1. The molecular weight excluding hydrogens is 258 g/mol. The third kappa shape index (κ3) is 3.47. The predicted molar refractivity (Wildman–Crippen MR) is 86.8 cm³/mol. The minimum Gasteiger partial charge on any atom is -0.320 e. The van der Waals surface area contributed by atoms with Crippen LogP contribution in [0.2, 0.25) is 0 Å². The third-order valence-corrected chi connectivity index (χ3v) is 4.74. The first-order chi connectivity index (χ1) is 10.3. The van der Waals surface area contributed by atoms with E-state index in [1.165, 1.54) is 38.0 Å². The maximum absolute atomic E-state index is 5.40. The summed E-state index contributed by atoms with van der Waals surface area (Å²) >= 11 is 0. The van der Waals surface area contributed by atoms with Crippen LogP contribution in [-0.2, 0) is 6.54 Å². The molecule has 0 saturated carbocycles. The molecule has 3 heteroatoms. The number of piperazine rings is 1. The van der Waals surface area contributed by atoms with Gasteiger partial charge in [0.25, 0.3) is 0 Å². The lowest BCUT2D eigenvalue weighted by Gasteiger charge is -2.42. The summed E-state index contributed by atoms with van der Waals surface area (Å²) < 4.78 is 0. The monoisotopic (exact) mass is 283 g/mol. The Morgan fingerprint density at radius 2 is 2.05 bits per heavy atom. The summed E-state index contributed by atoms with van der Waals surface area (Å²) in [6, 6.07) is 10.1. The number of nitrogens with zero attached hydrogens (tertiary/aromatic N) is 2. The Kier molecular flexibility index (Phi) is 4.60. The van der Waals surface area contributed by atoms with Crippen LogP contribution in [0, 0.1) is 11.8 Å². The van der Waals surface area contributed by atoms with Gasteiger partial charge in [-0.15, -0.1) is 0 Å². The fraction of sp³-hybridized carbons (Fsp3) is 0.556. The normalized spacial score (nSPS) is 26.2. The highest BCUT2D eigenvalue weighted by atomic mass is 15.3. The second kappa shape index (κ2) is 6.62. The molecule has 0 radical (unpaired) electrons. The Balaban J connectivity index is 1.63. The summed E-state index contributed by atoms with van der Waals surface area (Å²) in [7, 11) is 0. The highest BCUT2D eigenvalue weighted by Gasteiger charge is 2.34. The molecule has 2 aliphatic heterocycles. The topological polar surface area (TPSA) is 32.5 Å². The molecule has 0 aromatic heterocycles. The van der Waals surface area contributed by atoms with Gasteiger partial charge in [-0.05, 0) is 44.0 Å². The van der Waals surface area contributed by atoms with E-state index in [9.17, 15) is 0 Å². The van der Waals surface area contributed by atoms with Gasteiger partial charge in [0.1, 0.15) is 0 Å². The number of benzene rings is 1. The Morgan fingerprint density at radius 1 is 1.24 bits per heavy atom. The maximum atomic E-state index is 5.40. The molecule has 2 aliphatic rings. The van der Waals surface area contributed by atoms with E-state index in [2.05, 4.69) is 52.8 Å². The van der Waals surface area contributed by atoms with E-state index < -0.39 is 0 Å². The van der Waals surface area contributed by atoms with Crippen molar-refractivity contribution in [2.24, 2.45) is 5.73 Å². The van der Waals surface area contributed by atoms with Gasteiger partial charge in [0.2, 0.25) is 0 Å². The molecule has 0 aliphatic carbocycles. The van der Waals surface area contributed by atoms with E-state index in [4.69, 9.17) is 5.73 Å². The zero-order valence-electron chi connectivity index (χ0n) is 12.9. The molecule has 2 unspecified atom stereocenters. The van der Waals surface area contributed by atoms with Crippen LogP contribution < -0.4 is 5.73 Å². The fourth-order valence-electron chi connectivity index (χ4n) is 3.55. The number of hydrogen-bond acceptors (Lipinski definition) is 3. The zero-order chi connectivity index (χ0) is 14.7.